The van der Waals surface area contributed by atoms with E-state index in [-0.39, 0.29) is 5.41 Å². The summed E-state index contributed by atoms with van der Waals surface area (Å²) in [7, 11) is 0. The van der Waals surface area contributed by atoms with Gasteiger partial charge in [-0.15, -0.1) is 0 Å². The highest BCUT2D eigenvalue weighted by molar-refractivity contribution is 5.71. The molecular formula is C21H24. The number of benzene rings is 2. The molecule has 0 saturated carbocycles. The van der Waals surface area contributed by atoms with Crippen LogP contribution in [0.25, 0.3) is 18.2 Å². The third-order valence-corrected chi connectivity index (χ3v) is 3.60. The summed E-state index contributed by atoms with van der Waals surface area (Å²) in [5.74, 6) is 0. The second kappa shape index (κ2) is 6.13. The highest BCUT2D eigenvalue weighted by Crippen LogP contribution is 2.23. The molecule has 0 bridgehead atoms. The predicted molar refractivity (Wildman–Crippen MR) is 95.3 cm³/mol. The van der Waals surface area contributed by atoms with E-state index in [1.165, 1.54) is 22.3 Å². The van der Waals surface area contributed by atoms with Crippen LogP contribution in [0.1, 0.15) is 48.6 Å². The zero-order valence-corrected chi connectivity index (χ0v) is 13.5. The van der Waals surface area contributed by atoms with Crippen LogP contribution in [0.2, 0.25) is 0 Å². The normalized spacial score (nSPS) is 11.8. The quantitative estimate of drug-likeness (QED) is 0.594. The Hall–Kier alpha value is -2.08. The minimum absolute atomic E-state index is 0.206. The van der Waals surface area contributed by atoms with Crippen LogP contribution >= 0.6 is 0 Å². The van der Waals surface area contributed by atoms with E-state index < -0.39 is 0 Å². The summed E-state index contributed by atoms with van der Waals surface area (Å²) in [5, 5.41) is 0. The Morgan fingerprint density at radius 2 is 1.38 bits per heavy atom. The summed E-state index contributed by atoms with van der Waals surface area (Å²) < 4.78 is 0. The Morgan fingerprint density at radius 3 is 1.95 bits per heavy atom. The van der Waals surface area contributed by atoms with Crippen LogP contribution in [-0.2, 0) is 5.41 Å². The molecule has 0 N–H and O–H groups in total. The standard InChI is InChI=1S/C21H24/c1-6-17-13-16(2)14-19(15-17)8-7-18-9-11-20(12-10-18)21(3,4)5/h6-15H,1H2,2-5H3/b8-7+. The molecule has 0 aromatic heterocycles. The molecule has 2 rings (SSSR count). The van der Waals surface area contributed by atoms with Gasteiger partial charge in [-0.05, 0) is 46.2 Å². The molecule has 0 nitrogen and oxygen atoms in total. The van der Waals surface area contributed by atoms with Gasteiger partial charge in [0, 0.05) is 0 Å². The van der Waals surface area contributed by atoms with Crippen molar-refractivity contribution in [1.29, 1.82) is 0 Å². The summed E-state index contributed by atoms with van der Waals surface area (Å²) >= 11 is 0. The van der Waals surface area contributed by atoms with Gasteiger partial charge in [0.25, 0.3) is 0 Å². The molecule has 0 aliphatic rings. The van der Waals surface area contributed by atoms with E-state index in [1.54, 1.807) is 0 Å². The fraction of sp³-hybridized carbons (Fsp3) is 0.238. The monoisotopic (exact) mass is 276 g/mol. The van der Waals surface area contributed by atoms with Gasteiger partial charge in [-0.1, -0.05) is 82.0 Å². The van der Waals surface area contributed by atoms with Crippen molar-refractivity contribution in [2.24, 2.45) is 0 Å². The van der Waals surface area contributed by atoms with Crippen molar-refractivity contribution in [3.63, 3.8) is 0 Å². The lowest BCUT2D eigenvalue weighted by Gasteiger charge is -2.18. The van der Waals surface area contributed by atoms with Crippen molar-refractivity contribution in [2.45, 2.75) is 33.1 Å². The molecule has 0 radical (unpaired) electrons. The summed E-state index contributed by atoms with van der Waals surface area (Å²) in [6.45, 7) is 12.7. The van der Waals surface area contributed by atoms with Crippen LogP contribution in [-0.4, -0.2) is 0 Å². The minimum atomic E-state index is 0.206. The van der Waals surface area contributed by atoms with Gasteiger partial charge >= 0.3 is 0 Å². The summed E-state index contributed by atoms with van der Waals surface area (Å²) in [6, 6.07) is 15.3. The van der Waals surface area contributed by atoms with Gasteiger partial charge in [0.1, 0.15) is 0 Å². The van der Waals surface area contributed by atoms with Gasteiger partial charge in [-0.3, -0.25) is 0 Å². The highest BCUT2D eigenvalue weighted by atomic mass is 14.2. The Balaban J connectivity index is 2.21. The molecule has 0 heterocycles. The van der Waals surface area contributed by atoms with Gasteiger partial charge in [-0.25, -0.2) is 0 Å². The second-order valence-corrected chi connectivity index (χ2v) is 6.59. The fourth-order valence-corrected chi connectivity index (χ4v) is 2.34. The molecule has 0 aliphatic heterocycles. The van der Waals surface area contributed by atoms with Gasteiger partial charge < -0.3 is 0 Å². The molecule has 21 heavy (non-hydrogen) atoms. The first-order valence-corrected chi connectivity index (χ1v) is 7.41. The number of aryl methyl sites for hydroxylation is 1. The smallest absolute Gasteiger partial charge is 0.0132 e. The van der Waals surface area contributed by atoms with E-state index in [9.17, 15) is 0 Å². The van der Waals surface area contributed by atoms with Crippen molar-refractivity contribution in [3.05, 3.63) is 76.9 Å². The lowest BCUT2D eigenvalue weighted by molar-refractivity contribution is 0.590. The molecule has 0 spiro atoms. The number of hydrogen-bond donors (Lipinski definition) is 0. The highest BCUT2D eigenvalue weighted by Gasteiger charge is 2.12. The third-order valence-electron chi connectivity index (χ3n) is 3.60. The largest absolute Gasteiger partial charge is 0.0985 e. The van der Waals surface area contributed by atoms with Crippen LogP contribution in [0.15, 0.2) is 49.0 Å². The predicted octanol–water partition coefficient (Wildman–Crippen LogP) is 6.11. The maximum Gasteiger partial charge on any atom is -0.0132 e. The van der Waals surface area contributed by atoms with Gasteiger partial charge in [0.2, 0.25) is 0 Å². The average molecular weight is 276 g/mol. The van der Waals surface area contributed by atoms with E-state index in [1.807, 2.05) is 6.08 Å². The first-order valence-electron chi connectivity index (χ1n) is 7.41. The van der Waals surface area contributed by atoms with Crippen LogP contribution in [0, 0.1) is 6.92 Å². The molecule has 0 heteroatoms. The number of rotatable bonds is 3. The van der Waals surface area contributed by atoms with Crippen LogP contribution in [0.4, 0.5) is 0 Å². The van der Waals surface area contributed by atoms with Crippen LogP contribution in [0.3, 0.4) is 0 Å². The summed E-state index contributed by atoms with van der Waals surface area (Å²) in [5.41, 5.74) is 6.43. The van der Waals surface area contributed by atoms with E-state index in [0.29, 0.717) is 0 Å². The molecule has 108 valence electrons. The molecule has 2 aromatic carbocycles. The molecule has 2 aromatic rings. The van der Waals surface area contributed by atoms with Crippen molar-refractivity contribution in [2.75, 3.05) is 0 Å². The van der Waals surface area contributed by atoms with E-state index >= 15 is 0 Å². The Morgan fingerprint density at radius 1 is 0.810 bits per heavy atom. The Bertz CT molecular complexity index is 649. The SMILES string of the molecule is C=Cc1cc(C)cc(/C=C/c2ccc(C(C)(C)C)cc2)c1. The zero-order chi connectivity index (χ0) is 15.5. The fourth-order valence-electron chi connectivity index (χ4n) is 2.34. The van der Waals surface area contributed by atoms with Crippen molar-refractivity contribution < 1.29 is 0 Å². The molecule has 0 amide bonds. The summed E-state index contributed by atoms with van der Waals surface area (Å²) in [4.78, 5) is 0. The van der Waals surface area contributed by atoms with Gasteiger partial charge in [0.05, 0.1) is 0 Å². The molecule has 0 atom stereocenters. The van der Waals surface area contributed by atoms with Gasteiger partial charge in [-0.2, -0.15) is 0 Å². The number of hydrogen-bond acceptors (Lipinski definition) is 0. The lowest BCUT2D eigenvalue weighted by atomic mass is 9.87. The lowest BCUT2D eigenvalue weighted by Crippen LogP contribution is -2.10. The van der Waals surface area contributed by atoms with Gasteiger partial charge in [0.15, 0.2) is 0 Å². The summed E-state index contributed by atoms with van der Waals surface area (Å²) in [6.07, 6.45) is 6.21. The van der Waals surface area contributed by atoms with Crippen molar-refractivity contribution in [3.8, 4) is 0 Å². The topological polar surface area (TPSA) is 0 Å². The second-order valence-electron chi connectivity index (χ2n) is 6.59. The maximum absolute atomic E-state index is 3.84. The molecule has 0 fully saturated rings. The molecule has 0 unspecified atom stereocenters. The van der Waals surface area contributed by atoms with Crippen molar-refractivity contribution in [1.82, 2.24) is 0 Å². The van der Waals surface area contributed by atoms with E-state index in [4.69, 9.17) is 0 Å². The Labute approximate surface area is 128 Å². The van der Waals surface area contributed by atoms with Crippen LogP contribution < -0.4 is 0 Å². The van der Waals surface area contributed by atoms with Crippen molar-refractivity contribution >= 4 is 18.2 Å². The molecular weight excluding hydrogens is 252 g/mol. The minimum Gasteiger partial charge on any atom is -0.0985 e. The van der Waals surface area contributed by atoms with E-state index in [2.05, 4.69) is 88.9 Å². The molecule has 0 saturated heterocycles. The first kappa shape index (κ1) is 15.3. The first-order chi connectivity index (χ1) is 9.88. The Kier molecular flexibility index (Phi) is 4.47. The average Bonchev–Trinajstić information content (AvgIpc) is 2.44. The van der Waals surface area contributed by atoms with E-state index in [0.717, 1.165) is 5.56 Å². The maximum atomic E-state index is 3.84. The third kappa shape index (κ3) is 4.19. The zero-order valence-electron chi connectivity index (χ0n) is 13.5. The van der Waals surface area contributed by atoms with Crippen LogP contribution in [0.5, 0.6) is 0 Å². The molecule has 0 aliphatic carbocycles.